The molecule has 1 fully saturated rings. The number of aromatic nitrogens is 1. The number of hydrogen-bond donors (Lipinski definition) is 1. The summed E-state index contributed by atoms with van der Waals surface area (Å²) in [7, 11) is 0. The molecule has 2 aliphatic heterocycles. The fraction of sp³-hybridized carbons (Fsp3) is 0.240. The normalized spacial score (nSPS) is 22.7. The van der Waals surface area contributed by atoms with Crippen LogP contribution in [0.4, 0.5) is 0 Å². The number of fused-ring (bicyclic) bond motifs is 2. The Kier molecular flexibility index (Phi) is 3.94. The van der Waals surface area contributed by atoms with E-state index in [0.717, 1.165) is 40.2 Å². The number of rotatable bonds is 4. The zero-order valence-corrected chi connectivity index (χ0v) is 16.6. The summed E-state index contributed by atoms with van der Waals surface area (Å²) in [6, 6.07) is 21.0. The third-order valence-electron chi connectivity index (χ3n) is 6.28. The van der Waals surface area contributed by atoms with Crippen molar-refractivity contribution in [3.8, 4) is 11.3 Å². The first-order valence-corrected chi connectivity index (χ1v) is 10.6. The van der Waals surface area contributed by atoms with E-state index < -0.39 is 0 Å². The average molecular weight is 393 g/mol. The SMILES string of the molecule is NC1=NC=NC2C1C(c1ccc3ccc(-c4ccccc4)nc3c1)=CN2CC1CC1. The molecule has 3 heterocycles. The van der Waals surface area contributed by atoms with Crippen molar-refractivity contribution in [3.63, 3.8) is 0 Å². The molecule has 0 bridgehead atoms. The van der Waals surface area contributed by atoms with E-state index in [-0.39, 0.29) is 12.1 Å². The Bertz CT molecular complexity index is 1210. The van der Waals surface area contributed by atoms with Gasteiger partial charge in [-0.2, -0.15) is 0 Å². The lowest BCUT2D eigenvalue weighted by Crippen LogP contribution is -2.40. The van der Waals surface area contributed by atoms with Crippen molar-refractivity contribution in [3.05, 3.63) is 72.4 Å². The fourth-order valence-electron chi connectivity index (χ4n) is 4.50. The number of hydrogen-bond acceptors (Lipinski definition) is 5. The number of aliphatic imine (C=N–C) groups is 2. The Morgan fingerprint density at radius 2 is 1.80 bits per heavy atom. The molecule has 2 aromatic carbocycles. The van der Waals surface area contributed by atoms with Gasteiger partial charge in [0.15, 0.2) is 0 Å². The Morgan fingerprint density at radius 3 is 2.63 bits per heavy atom. The Hall–Kier alpha value is -3.47. The summed E-state index contributed by atoms with van der Waals surface area (Å²) in [5.41, 5.74) is 11.8. The van der Waals surface area contributed by atoms with Crippen LogP contribution >= 0.6 is 0 Å². The van der Waals surface area contributed by atoms with E-state index in [1.165, 1.54) is 18.4 Å². The molecule has 1 saturated carbocycles. The molecule has 2 atom stereocenters. The quantitative estimate of drug-likeness (QED) is 0.718. The fourth-order valence-corrected chi connectivity index (χ4v) is 4.50. The van der Waals surface area contributed by atoms with Crippen LogP contribution in [0.1, 0.15) is 18.4 Å². The summed E-state index contributed by atoms with van der Waals surface area (Å²) >= 11 is 0. The maximum absolute atomic E-state index is 6.34. The van der Waals surface area contributed by atoms with E-state index in [4.69, 9.17) is 10.7 Å². The number of amidine groups is 1. The van der Waals surface area contributed by atoms with E-state index in [9.17, 15) is 0 Å². The Balaban J connectivity index is 1.41. The van der Waals surface area contributed by atoms with E-state index >= 15 is 0 Å². The first-order valence-electron chi connectivity index (χ1n) is 10.6. The van der Waals surface area contributed by atoms with Crippen LogP contribution in [0.5, 0.6) is 0 Å². The molecule has 2 N–H and O–H groups in total. The third-order valence-corrected chi connectivity index (χ3v) is 6.28. The maximum atomic E-state index is 6.34. The third kappa shape index (κ3) is 2.98. The van der Waals surface area contributed by atoms with Crippen LogP contribution in [0, 0.1) is 11.8 Å². The highest BCUT2D eigenvalue weighted by atomic mass is 15.3. The van der Waals surface area contributed by atoms with E-state index in [2.05, 4.69) is 63.5 Å². The van der Waals surface area contributed by atoms with Crippen molar-refractivity contribution in [1.29, 1.82) is 0 Å². The minimum atomic E-state index is 0.00325. The van der Waals surface area contributed by atoms with Gasteiger partial charge in [-0.3, -0.25) is 0 Å². The van der Waals surface area contributed by atoms with Gasteiger partial charge in [0.25, 0.3) is 0 Å². The molecular formula is C25H23N5. The van der Waals surface area contributed by atoms with Gasteiger partial charge in [0, 0.05) is 23.7 Å². The van der Waals surface area contributed by atoms with E-state index in [1.54, 1.807) is 6.34 Å². The molecule has 3 aromatic rings. The van der Waals surface area contributed by atoms with Crippen LogP contribution in [0.15, 0.2) is 76.8 Å². The summed E-state index contributed by atoms with van der Waals surface area (Å²) < 4.78 is 0. The first kappa shape index (κ1) is 17.4. The van der Waals surface area contributed by atoms with Crippen LogP contribution in [0.3, 0.4) is 0 Å². The van der Waals surface area contributed by atoms with Crippen LogP contribution in [-0.2, 0) is 0 Å². The molecule has 0 spiro atoms. The largest absolute Gasteiger partial charge is 0.386 e. The molecule has 5 nitrogen and oxygen atoms in total. The molecule has 30 heavy (non-hydrogen) atoms. The monoisotopic (exact) mass is 393 g/mol. The van der Waals surface area contributed by atoms with E-state index in [0.29, 0.717) is 5.84 Å². The molecular weight excluding hydrogens is 370 g/mol. The molecule has 1 aromatic heterocycles. The second-order valence-corrected chi connectivity index (χ2v) is 8.40. The highest BCUT2D eigenvalue weighted by molar-refractivity contribution is 6.01. The van der Waals surface area contributed by atoms with Crippen LogP contribution in [0.25, 0.3) is 27.7 Å². The predicted molar refractivity (Wildman–Crippen MR) is 122 cm³/mol. The number of pyridine rings is 1. The smallest absolute Gasteiger partial charge is 0.136 e. The lowest BCUT2D eigenvalue weighted by atomic mass is 9.91. The van der Waals surface area contributed by atoms with Crippen LogP contribution in [-0.4, -0.2) is 34.8 Å². The number of nitrogens with two attached hydrogens (primary N) is 1. The zero-order valence-electron chi connectivity index (χ0n) is 16.6. The molecule has 2 unspecified atom stereocenters. The van der Waals surface area contributed by atoms with Crippen LogP contribution < -0.4 is 5.73 Å². The van der Waals surface area contributed by atoms with Crippen molar-refractivity contribution < 1.29 is 0 Å². The first-order chi connectivity index (χ1) is 14.8. The van der Waals surface area contributed by atoms with Gasteiger partial charge in [0.05, 0.1) is 17.1 Å². The van der Waals surface area contributed by atoms with Gasteiger partial charge in [-0.1, -0.05) is 48.5 Å². The lowest BCUT2D eigenvalue weighted by Gasteiger charge is -2.28. The maximum Gasteiger partial charge on any atom is 0.136 e. The minimum absolute atomic E-state index is 0.00325. The highest BCUT2D eigenvalue weighted by Gasteiger charge is 2.41. The molecule has 148 valence electrons. The molecule has 0 saturated heterocycles. The summed E-state index contributed by atoms with van der Waals surface area (Å²) in [5.74, 6) is 1.43. The highest BCUT2D eigenvalue weighted by Crippen LogP contribution is 2.41. The number of benzene rings is 2. The summed E-state index contributed by atoms with van der Waals surface area (Å²) in [5, 5.41) is 1.13. The minimum Gasteiger partial charge on any atom is -0.386 e. The standard InChI is InChI=1S/C25H23N5/c26-24-23-20(14-30(13-16-6-7-16)25(23)28-15-27-24)19-9-8-18-10-11-21(29-22(18)12-19)17-4-2-1-3-5-17/h1-5,8-12,14-16,23,25H,6-7,13H2,(H2,26,27,28). The molecule has 5 heteroatoms. The summed E-state index contributed by atoms with van der Waals surface area (Å²) in [6.45, 7) is 1.04. The van der Waals surface area contributed by atoms with Gasteiger partial charge < -0.3 is 10.6 Å². The topological polar surface area (TPSA) is 66.9 Å². The van der Waals surface area contributed by atoms with Crippen molar-refractivity contribution >= 4 is 28.7 Å². The predicted octanol–water partition coefficient (Wildman–Crippen LogP) is 4.31. The molecule has 6 rings (SSSR count). The van der Waals surface area contributed by atoms with Gasteiger partial charge in [0.1, 0.15) is 18.3 Å². The zero-order chi connectivity index (χ0) is 20.1. The second kappa shape index (κ2) is 6.80. The number of nitrogens with zero attached hydrogens (tertiary/aromatic N) is 4. The van der Waals surface area contributed by atoms with Gasteiger partial charge >= 0.3 is 0 Å². The Morgan fingerprint density at radius 1 is 0.967 bits per heavy atom. The van der Waals surface area contributed by atoms with Crippen molar-refractivity contribution in [2.24, 2.45) is 27.6 Å². The van der Waals surface area contributed by atoms with Gasteiger partial charge in [0.2, 0.25) is 0 Å². The Labute approximate surface area is 175 Å². The van der Waals surface area contributed by atoms with Crippen molar-refractivity contribution in [2.45, 2.75) is 19.0 Å². The summed E-state index contributed by atoms with van der Waals surface area (Å²) in [4.78, 5) is 16.3. The molecule has 0 radical (unpaired) electrons. The lowest BCUT2D eigenvalue weighted by molar-refractivity contribution is 0.277. The average Bonchev–Trinajstić information content (AvgIpc) is 3.53. The van der Waals surface area contributed by atoms with Crippen LogP contribution in [0.2, 0.25) is 0 Å². The van der Waals surface area contributed by atoms with E-state index in [1.807, 2.05) is 18.2 Å². The van der Waals surface area contributed by atoms with Gasteiger partial charge in [-0.15, -0.1) is 0 Å². The summed E-state index contributed by atoms with van der Waals surface area (Å²) in [6.07, 6.45) is 6.51. The van der Waals surface area contributed by atoms with Gasteiger partial charge in [-0.25, -0.2) is 15.0 Å². The van der Waals surface area contributed by atoms with Gasteiger partial charge in [-0.05, 0) is 42.0 Å². The molecule has 3 aliphatic rings. The molecule has 0 amide bonds. The van der Waals surface area contributed by atoms with Crippen molar-refractivity contribution in [2.75, 3.05) is 6.54 Å². The second-order valence-electron chi connectivity index (χ2n) is 8.40. The molecule has 1 aliphatic carbocycles. The van der Waals surface area contributed by atoms with Crippen molar-refractivity contribution in [1.82, 2.24) is 9.88 Å².